The van der Waals surface area contributed by atoms with Crippen LogP contribution in [-0.2, 0) is 9.59 Å². The molecule has 31 heavy (non-hydrogen) atoms. The Kier molecular flexibility index (Phi) is 19.6. The van der Waals surface area contributed by atoms with Crippen LogP contribution in [0.1, 0.15) is 90.9 Å². The number of aliphatic carboxylic acids is 1. The van der Waals surface area contributed by atoms with Gasteiger partial charge in [0.15, 0.2) is 6.04 Å². The summed E-state index contributed by atoms with van der Waals surface area (Å²) >= 11 is 0. The van der Waals surface area contributed by atoms with Crippen molar-refractivity contribution < 1.29 is 19.8 Å². The molecule has 1 amide bonds. The van der Waals surface area contributed by atoms with Gasteiger partial charge in [-0.2, -0.15) is 0 Å². The van der Waals surface area contributed by atoms with Gasteiger partial charge >= 0.3 is 5.97 Å². The van der Waals surface area contributed by atoms with Crippen LogP contribution < -0.4 is 5.32 Å². The van der Waals surface area contributed by atoms with Gasteiger partial charge in [0.1, 0.15) is 0 Å². The fourth-order valence-electron chi connectivity index (χ4n) is 2.92. The second kappa shape index (κ2) is 21.1. The number of carboxylic acid groups (broad SMARTS) is 1. The van der Waals surface area contributed by atoms with Crippen LogP contribution in [0.25, 0.3) is 0 Å². The van der Waals surface area contributed by atoms with E-state index in [1.54, 1.807) is 0 Å². The van der Waals surface area contributed by atoms with Crippen molar-refractivity contribution in [3.8, 4) is 0 Å². The van der Waals surface area contributed by atoms with E-state index in [9.17, 15) is 14.7 Å². The fourth-order valence-corrected chi connectivity index (χ4v) is 2.92. The van der Waals surface area contributed by atoms with E-state index >= 15 is 0 Å². The van der Waals surface area contributed by atoms with Crippen LogP contribution in [0, 0.1) is 0 Å². The van der Waals surface area contributed by atoms with Crippen molar-refractivity contribution in [2.75, 3.05) is 0 Å². The van der Waals surface area contributed by atoms with Gasteiger partial charge in [0.2, 0.25) is 5.91 Å². The monoisotopic (exact) mass is 433 g/mol. The third-order valence-corrected chi connectivity index (χ3v) is 4.80. The minimum absolute atomic E-state index is 0.283. The molecule has 0 unspecified atom stereocenters. The first-order chi connectivity index (χ1) is 15.0. The smallest absolute Gasteiger partial charge is 0.328 e. The molecule has 0 saturated heterocycles. The van der Waals surface area contributed by atoms with Gasteiger partial charge < -0.3 is 15.5 Å². The molecule has 0 saturated carbocycles. The zero-order valence-corrected chi connectivity index (χ0v) is 19.5. The minimum atomic E-state index is -1.24. The molecule has 5 nitrogen and oxygen atoms in total. The minimum Gasteiger partial charge on any atom is -0.480 e. The van der Waals surface area contributed by atoms with Crippen LogP contribution in [0.2, 0.25) is 0 Å². The summed E-state index contributed by atoms with van der Waals surface area (Å²) < 4.78 is 0. The van der Waals surface area contributed by atoms with E-state index in [0.29, 0.717) is 6.42 Å². The van der Waals surface area contributed by atoms with Crippen LogP contribution in [-0.4, -0.2) is 34.2 Å². The first kappa shape index (κ1) is 28.9. The lowest BCUT2D eigenvalue weighted by Crippen LogP contribution is -2.47. The SMILES string of the molecule is CCCCC/C=C\C/C=C\C/C=C\C/C=C\CCCCCC(=O)N[C@H](C(=O)O)[C@@H](C)O. The summed E-state index contributed by atoms with van der Waals surface area (Å²) in [6.45, 7) is 3.58. The van der Waals surface area contributed by atoms with Crippen molar-refractivity contribution in [1.29, 1.82) is 0 Å². The standard InChI is InChI=1S/C26H43NO4/c1-3-4-5-6-7-8-9-10-11-12-13-14-15-16-17-18-19-20-21-22-24(29)27-25(23(2)28)26(30)31/h7-8,10-11,13-14,16-17,23,25,28H,3-6,9,12,15,18-22H2,1-2H3,(H,27,29)(H,30,31)/b8-7-,11-10-,14-13-,17-16-/t23-,25+/m1/s1. The summed E-state index contributed by atoms with van der Waals surface area (Å²) in [6.07, 6.45) is 28.4. The zero-order chi connectivity index (χ0) is 23.2. The highest BCUT2D eigenvalue weighted by Gasteiger charge is 2.24. The van der Waals surface area contributed by atoms with E-state index in [2.05, 4.69) is 60.8 Å². The maximum absolute atomic E-state index is 11.7. The Morgan fingerprint density at radius 2 is 1.26 bits per heavy atom. The molecule has 0 aromatic carbocycles. The van der Waals surface area contributed by atoms with E-state index in [-0.39, 0.29) is 12.3 Å². The molecule has 0 aliphatic carbocycles. The van der Waals surface area contributed by atoms with Crippen molar-refractivity contribution in [3.63, 3.8) is 0 Å². The Bertz CT molecular complexity index is 576. The molecular formula is C26H43NO4. The number of amides is 1. The third kappa shape index (κ3) is 19.6. The number of allylic oxidation sites excluding steroid dienone is 8. The first-order valence-electron chi connectivity index (χ1n) is 11.8. The molecule has 0 aromatic heterocycles. The van der Waals surface area contributed by atoms with Gasteiger partial charge in [0.05, 0.1) is 6.10 Å². The van der Waals surface area contributed by atoms with Crippen LogP contribution in [0.3, 0.4) is 0 Å². The van der Waals surface area contributed by atoms with E-state index in [0.717, 1.165) is 38.5 Å². The fraction of sp³-hybridized carbons (Fsp3) is 0.615. The van der Waals surface area contributed by atoms with E-state index in [1.165, 1.54) is 32.6 Å². The van der Waals surface area contributed by atoms with Crippen LogP contribution in [0.5, 0.6) is 0 Å². The summed E-state index contributed by atoms with van der Waals surface area (Å²) in [5.41, 5.74) is 0. The maximum Gasteiger partial charge on any atom is 0.328 e. The molecule has 0 spiro atoms. The summed E-state index contributed by atoms with van der Waals surface area (Å²) in [7, 11) is 0. The molecule has 0 fully saturated rings. The topological polar surface area (TPSA) is 86.6 Å². The van der Waals surface area contributed by atoms with E-state index < -0.39 is 18.1 Å². The Morgan fingerprint density at radius 1 is 0.774 bits per heavy atom. The quantitative estimate of drug-likeness (QED) is 0.176. The van der Waals surface area contributed by atoms with Gasteiger partial charge in [0.25, 0.3) is 0 Å². The molecule has 176 valence electrons. The lowest BCUT2D eigenvalue weighted by Gasteiger charge is -2.16. The Hall–Kier alpha value is -2.14. The molecule has 5 heteroatoms. The molecule has 0 heterocycles. The Morgan fingerprint density at radius 3 is 1.71 bits per heavy atom. The van der Waals surface area contributed by atoms with Crippen molar-refractivity contribution in [3.05, 3.63) is 48.6 Å². The number of hydrogen-bond donors (Lipinski definition) is 3. The summed E-state index contributed by atoms with van der Waals surface area (Å²) in [4.78, 5) is 22.7. The van der Waals surface area contributed by atoms with Crippen molar-refractivity contribution in [2.45, 2.75) is 103 Å². The number of unbranched alkanes of at least 4 members (excludes halogenated alkanes) is 6. The number of carbonyl (C=O) groups is 2. The number of aliphatic hydroxyl groups excluding tert-OH is 1. The van der Waals surface area contributed by atoms with Gasteiger partial charge in [-0.25, -0.2) is 4.79 Å². The predicted octanol–water partition coefficient (Wildman–Crippen LogP) is 5.86. The Balaban J connectivity index is 3.61. The lowest BCUT2D eigenvalue weighted by molar-refractivity contribution is -0.144. The largest absolute Gasteiger partial charge is 0.480 e. The molecule has 0 radical (unpaired) electrons. The highest BCUT2D eigenvalue weighted by molar-refractivity contribution is 5.83. The molecule has 3 N–H and O–H groups in total. The maximum atomic E-state index is 11.7. The average Bonchev–Trinajstić information content (AvgIpc) is 2.73. The average molecular weight is 434 g/mol. The van der Waals surface area contributed by atoms with E-state index in [1.807, 2.05) is 0 Å². The second-order valence-corrected chi connectivity index (χ2v) is 7.81. The van der Waals surface area contributed by atoms with Gasteiger partial charge in [-0.05, 0) is 58.3 Å². The van der Waals surface area contributed by atoms with Gasteiger partial charge in [-0.3, -0.25) is 4.79 Å². The highest BCUT2D eigenvalue weighted by Crippen LogP contribution is 2.05. The van der Waals surface area contributed by atoms with Crippen molar-refractivity contribution in [1.82, 2.24) is 5.32 Å². The molecule has 0 aliphatic rings. The number of carboxylic acids is 1. The van der Waals surface area contributed by atoms with Crippen LogP contribution in [0.15, 0.2) is 48.6 Å². The number of rotatable bonds is 19. The zero-order valence-electron chi connectivity index (χ0n) is 19.5. The molecule has 0 aliphatic heterocycles. The number of carbonyl (C=O) groups excluding carboxylic acids is 1. The summed E-state index contributed by atoms with van der Waals surface area (Å²) in [6, 6.07) is -1.24. The van der Waals surface area contributed by atoms with Crippen molar-refractivity contribution in [2.24, 2.45) is 0 Å². The molecule has 0 rings (SSSR count). The van der Waals surface area contributed by atoms with Crippen LogP contribution in [0.4, 0.5) is 0 Å². The normalized spacial score (nSPS) is 14.2. The molecule has 0 bridgehead atoms. The summed E-state index contributed by atoms with van der Waals surface area (Å²) in [5, 5.41) is 20.6. The molecule has 0 aromatic rings. The van der Waals surface area contributed by atoms with Gasteiger partial charge in [0, 0.05) is 6.42 Å². The number of aliphatic hydroxyl groups is 1. The van der Waals surface area contributed by atoms with Crippen LogP contribution >= 0.6 is 0 Å². The van der Waals surface area contributed by atoms with E-state index in [4.69, 9.17) is 5.11 Å². The third-order valence-electron chi connectivity index (χ3n) is 4.80. The van der Waals surface area contributed by atoms with Gasteiger partial charge in [-0.1, -0.05) is 74.8 Å². The number of hydrogen-bond acceptors (Lipinski definition) is 3. The number of nitrogens with one attached hydrogen (secondary N) is 1. The van der Waals surface area contributed by atoms with Crippen molar-refractivity contribution >= 4 is 11.9 Å². The molecule has 2 atom stereocenters. The summed E-state index contributed by atoms with van der Waals surface area (Å²) in [5.74, 6) is -1.55. The molecular weight excluding hydrogens is 390 g/mol. The first-order valence-corrected chi connectivity index (χ1v) is 11.8. The predicted molar refractivity (Wildman–Crippen MR) is 129 cm³/mol. The van der Waals surface area contributed by atoms with Gasteiger partial charge in [-0.15, -0.1) is 0 Å². The Labute approximate surface area is 189 Å². The second-order valence-electron chi connectivity index (χ2n) is 7.81. The lowest BCUT2D eigenvalue weighted by atomic mass is 10.1. The highest BCUT2D eigenvalue weighted by atomic mass is 16.4.